The molecule has 0 amide bonds. The van der Waals surface area contributed by atoms with Gasteiger partial charge in [-0.25, -0.2) is 0 Å². The van der Waals surface area contributed by atoms with Gasteiger partial charge in [0.05, 0.1) is 9.85 Å². The van der Waals surface area contributed by atoms with Gasteiger partial charge in [0.2, 0.25) is 0 Å². The third-order valence-electron chi connectivity index (χ3n) is 3.65. The van der Waals surface area contributed by atoms with Gasteiger partial charge in [-0.2, -0.15) is 0 Å². The van der Waals surface area contributed by atoms with E-state index in [2.05, 4.69) is 0 Å². The van der Waals surface area contributed by atoms with Gasteiger partial charge in [0, 0.05) is 11.6 Å². The molecule has 7 heteroatoms. The Labute approximate surface area is 123 Å². The summed E-state index contributed by atoms with van der Waals surface area (Å²) in [4.78, 5) is 21.3. The van der Waals surface area contributed by atoms with E-state index >= 15 is 0 Å². The number of anilines is 1. The van der Waals surface area contributed by atoms with E-state index in [1.165, 1.54) is 6.07 Å². The van der Waals surface area contributed by atoms with E-state index in [0.717, 1.165) is 0 Å². The van der Waals surface area contributed by atoms with Gasteiger partial charge in [0.15, 0.2) is 5.69 Å². The molecule has 1 atom stereocenters. The number of benzene rings is 1. The lowest BCUT2D eigenvalue weighted by Crippen LogP contribution is -2.19. The van der Waals surface area contributed by atoms with Gasteiger partial charge in [-0.3, -0.25) is 20.2 Å². The molecule has 21 heavy (non-hydrogen) atoms. The van der Waals surface area contributed by atoms with Crippen LogP contribution in [0.5, 0.6) is 0 Å². The average molecular weight is 295 g/mol. The molecule has 0 aromatic heterocycles. The lowest BCUT2D eigenvalue weighted by atomic mass is 9.78. The monoisotopic (exact) mass is 295 g/mol. The quantitative estimate of drug-likeness (QED) is 0.514. The molecule has 1 aromatic rings. The van der Waals surface area contributed by atoms with Crippen LogP contribution in [0.4, 0.5) is 17.1 Å². The summed E-state index contributed by atoms with van der Waals surface area (Å²) in [6.45, 7) is 9.40. The van der Waals surface area contributed by atoms with Gasteiger partial charge in [-0.05, 0) is 23.3 Å². The van der Waals surface area contributed by atoms with Gasteiger partial charge in [0.25, 0.3) is 5.69 Å². The molecular weight excluding hydrogens is 274 g/mol. The number of nitrogens with zero attached hydrogens (tertiary/aromatic N) is 2. The summed E-state index contributed by atoms with van der Waals surface area (Å²) >= 11 is 0. The molecule has 1 rings (SSSR count). The van der Waals surface area contributed by atoms with E-state index in [9.17, 15) is 20.2 Å². The molecule has 1 unspecified atom stereocenters. The van der Waals surface area contributed by atoms with Crippen molar-refractivity contribution >= 4 is 17.1 Å². The lowest BCUT2D eigenvalue weighted by molar-refractivity contribution is -0.392. The van der Waals surface area contributed by atoms with Crippen molar-refractivity contribution in [2.45, 2.75) is 52.4 Å². The van der Waals surface area contributed by atoms with Crippen molar-refractivity contribution in [3.05, 3.63) is 37.4 Å². The maximum absolute atomic E-state index is 11.4. The second kappa shape index (κ2) is 5.67. The fourth-order valence-corrected chi connectivity index (χ4v) is 2.36. The molecule has 0 aliphatic heterocycles. The first kappa shape index (κ1) is 16.9. The van der Waals surface area contributed by atoms with Crippen molar-refractivity contribution in [2.75, 3.05) is 5.73 Å². The first-order valence-electron chi connectivity index (χ1n) is 6.77. The molecule has 0 fully saturated rings. The largest absolute Gasteiger partial charge is 0.387 e. The second-order valence-electron chi connectivity index (χ2n) is 6.19. The molecule has 2 N–H and O–H groups in total. The number of nitro groups is 2. The summed E-state index contributed by atoms with van der Waals surface area (Å²) in [6, 6.07) is 1.38. The zero-order valence-corrected chi connectivity index (χ0v) is 13.0. The standard InChI is InChI=1S/C14H21N3O4/c1-6-8(2)11-9(14(3,4)5)7-10(16(18)19)12(15)13(11)17(20)21/h7-8H,6,15H2,1-5H3. The molecule has 1 aromatic carbocycles. The zero-order valence-electron chi connectivity index (χ0n) is 13.0. The Morgan fingerprint density at radius 1 is 1.24 bits per heavy atom. The minimum absolute atomic E-state index is 0.109. The molecule has 0 saturated heterocycles. The van der Waals surface area contributed by atoms with Crippen LogP contribution in [-0.2, 0) is 5.41 Å². The highest BCUT2D eigenvalue weighted by atomic mass is 16.6. The minimum Gasteiger partial charge on any atom is -0.387 e. The maximum atomic E-state index is 11.4. The zero-order chi connectivity index (χ0) is 16.5. The normalized spacial score (nSPS) is 13.0. The molecule has 7 nitrogen and oxygen atoms in total. The third kappa shape index (κ3) is 3.12. The van der Waals surface area contributed by atoms with Crippen molar-refractivity contribution in [1.29, 1.82) is 0 Å². The highest BCUT2D eigenvalue weighted by Gasteiger charge is 2.35. The number of nitrogen functional groups attached to an aromatic ring is 1. The van der Waals surface area contributed by atoms with Crippen LogP contribution in [-0.4, -0.2) is 9.85 Å². The number of hydrogen-bond donors (Lipinski definition) is 1. The Morgan fingerprint density at radius 3 is 2.10 bits per heavy atom. The topological polar surface area (TPSA) is 112 Å². The number of hydrogen-bond acceptors (Lipinski definition) is 5. The molecule has 116 valence electrons. The van der Waals surface area contributed by atoms with E-state index in [4.69, 9.17) is 5.73 Å². The summed E-state index contributed by atoms with van der Waals surface area (Å²) < 4.78 is 0. The van der Waals surface area contributed by atoms with Crippen LogP contribution in [0.2, 0.25) is 0 Å². The van der Waals surface area contributed by atoms with Crippen LogP contribution in [0.25, 0.3) is 0 Å². The van der Waals surface area contributed by atoms with Crippen molar-refractivity contribution < 1.29 is 9.85 Å². The van der Waals surface area contributed by atoms with E-state index < -0.39 is 20.9 Å². The minimum atomic E-state index is -0.669. The Morgan fingerprint density at radius 2 is 1.76 bits per heavy atom. The molecule has 0 heterocycles. The van der Waals surface area contributed by atoms with Crippen molar-refractivity contribution in [3.63, 3.8) is 0 Å². The molecule has 0 radical (unpaired) electrons. The Balaban J connectivity index is 3.93. The predicted molar refractivity (Wildman–Crippen MR) is 81.6 cm³/mol. The fourth-order valence-electron chi connectivity index (χ4n) is 2.36. The number of nitro benzene ring substituents is 2. The van der Waals surface area contributed by atoms with Crippen LogP contribution in [0.3, 0.4) is 0 Å². The molecule has 0 aliphatic carbocycles. The van der Waals surface area contributed by atoms with Crippen LogP contribution in [0, 0.1) is 20.2 Å². The Kier molecular flexibility index (Phi) is 4.56. The van der Waals surface area contributed by atoms with E-state index in [1.807, 2.05) is 34.6 Å². The highest BCUT2D eigenvalue weighted by molar-refractivity contribution is 5.76. The maximum Gasteiger partial charge on any atom is 0.302 e. The summed E-state index contributed by atoms with van der Waals surface area (Å²) in [5.41, 5.74) is 5.25. The average Bonchev–Trinajstić information content (AvgIpc) is 2.34. The first-order chi connectivity index (χ1) is 9.52. The molecular formula is C14H21N3O4. The van der Waals surface area contributed by atoms with Crippen LogP contribution in [0.1, 0.15) is 58.1 Å². The van der Waals surface area contributed by atoms with Gasteiger partial charge in [0.1, 0.15) is 0 Å². The lowest BCUT2D eigenvalue weighted by Gasteiger charge is -2.25. The molecule has 0 spiro atoms. The summed E-state index contributed by atoms with van der Waals surface area (Å²) in [5.74, 6) is -0.109. The van der Waals surface area contributed by atoms with Crippen molar-refractivity contribution in [2.24, 2.45) is 0 Å². The third-order valence-corrected chi connectivity index (χ3v) is 3.65. The summed E-state index contributed by atoms with van der Waals surface area (Å²) in [5, 5.41) is 22.5. The first-order valence-corrected chi connectivity index (χ1v) is 6.77. The van der Waals surface area contributed by atoms with Crippen molar-refractivity contribution in [1.82, 2.24) is 0 Å². The summed E-state index contributed by atoms with van der Waals surface area (Å²) in [6.07, 6.45) is 0.682. The fraction of sp³-hybridized carbons (Fsp3) is 0.571. The van der Waals surface area contributed by atoms with Gasteiger partial charge < -0.3 is 5.73 Å². The molecule has 0 saturated carbocycles. The number of nitrogens with two attached hydrogens (primary N) is 1. The molecule has 0 bridgehead atoms. The van der Waals surface area contributed by atoms with Crippen molar-refractivity contribution in [3.8, 4) is 0 Å². The SMILES string of the molecule is CCC(C)c1c(C(C)(C)C)cc([N+](=O)[O-])c(N)c1[N+](=O)[O-]. The predicted octanol–water partition coefficient (Wildman–Crippen LogP) is 3.90. The Bertz CT molecular complexity index is 591. The van der Waals surface area contributed by atoms with Crippen LogP contribution >= 0.6 is 0 Å². The highest BCUT2D eigenvalue weighted by Crippen LogP contribution is 2.45. The smallest absolute Gasteiger partial charge is 0.302 e. The van der Waals surface area contributed by atoms with Crippen LogP contribution in [0.15, 0.2) is 6.07 Å². The van der Waals surface area contributed by atoms with E-state index in [1.54, 1.807) is 0 Å². The number of rotatable bonds is 4. The van der Waals surface area contributed by atoms with E-state index in [0.29, 0.717) is 17.5 Å². The van der Waals surface area contributed by atoms with Gasteiger partial charge in [-0.15, -0.1) is 0 Å². The van der Waals surface area contributed by atoms with Crippen LogP contribution < -0.4 is 5.73 Å². The van der Waals surface area contributed by atoms with E-state index in [-0.39, 0.29) is 17.3 Å². The second-order valence-corrected chi connectivity index (χ2v) is 6.19. The summed E-state index contributed by atoms with van der Waals surface area (Å²) in [7, 11) is 0. The van der Waals surface area contributed by atoms with Gasteiger partial charge >= 0.3 is 5.69 Å². The molecule has 0 aliphatic rings. The Hall–Kier alpha value is -2.18. The van der Waals surface area contributed by atoms with Gasteiger partial charge in [-0.1, -0.05) is 34.6 Å².